The van der Waals surface area contributed by atoms with Gasteiger partial charge in [-0.3, -0.25) is 0 Å². The van der Waals surface area contributed by atoms with Crippen LogP contribution in [0.1, 0.15) is 39.5 Å². The molecule has 0 bridgehead atoms. The van der Waals surface area contributed by atoms with Crippen molar-refractivity contribution in [2.24, 2.45) is 11.1 Å². The van der Waals surface area contributed by atoms with E-state index < -0.39 is 9.84 Å². The Morgan fingerprint density at radius 2 is 2.00 bits per heavy atom. The Morgan fingerprint density at radius 3 is 2.43 bits per heavy atom. The predicted molar refractivity (Wildman–Crippen MR) is 58.9 cm³/mol. The molecule has 3 nitrogen and oxygen atoms in total. The highest BCUT2D eigenvalue weighted by Gasteiger charge is 2.42. The van der Waals surface area contributed by atoms with Crippen LogP contribution in [0.4, 0.5) is 0 Å². The van der Waals surface area contributed by atoms with Gasteiger partial charge in [-0.05, 0) is 31.1 Å². The van der Waals surface area contributed by atoms with Crippen LogP contribution in [0.2, 0.25) is 0 Å². The molecule has 2 N–H and O–H groups in total. The fourth-order valence-corrected chi connectivity index (χ4v) is 2.48. The van der Waals surface area contributed by atoms with Gasteiger partial charge in [0.15, 0.2) is 0 Å². The van der Waals surface area contributed by atoms with Crippen molar-refractivity contribution in [3.8, 4) is 0 Å². The van der Waals surface area contributed by atoms with Crippen molar-refractivity contribution in [1.29, 1.82) is 0 Å². The Bertz CT molecular complexity index is 280. The normalized spacial score (nSPS) is 21.9. The standard InChI is InChI=1S/C10H21NO2S/c1-3-14(12,13)8-4-5-9(11)10(2)6-7-10/h9H,3-8,11H2,1-2H3. The highest BCUT2D eigenvalue weighted by atomic mass is 32.2. The molecule has 0 aromatic heterocycles. The van der Waals surface area contributed by atoms with Crippen molar-refractivity contribution in [1.82, 2.24) is 0 Å². The Balaban J connectivity index is 2.22. The molecule has 0 aromatic carbocycles. The number of hydrogen-bond acceptors (Lipinski definition) is 3. The third-order valence-electron chi connectivity index (χ3n) is 3.34. The van der Waals surface area contributed by atoms with Gasteiger partial charge in [0, 0.05) is 11.8 Å². The fourth-order valence-electron chi connectivity index (χ4n) is 1.58. The zero-order chi connectivity index (χ0) is 10.8. The number of sulfone groups is 1. The summed E-state index contributed by atoms with van der Waals surface area (Å²) >= 11 is 0. The molecule has 0 aliphatic heterocycles. The molecule has 14 heavy (non-hydrogen) atoms. The average molecular weight is 219 g/mol. The van der Waals surface area contributed by atoms with Crippen molar-refractivity contribution in [2.45, 2.75) is 45.6 Å². The summed E-state index contributed by atoms with van der Waals surface area (Å²) in [4.78, 5) is 0. The first-order chi connectivity index (χ1) is 6.40. The van der Waals surface area contributed by atoms with Gasteiger partial charge in [0.2, 0.25) is 0 Å². The molecular formula is C10H21NO2S. The molecule has 0 radical (unpaired) electrons. The van der Waals surface area contributed by atoms with E-state index in [0.29, 0.717) is 17.6 Å². The number of hydrogen-bond donors (Lipinski definition) is 1. The molecule has 1 aliphatic rings. The van der Waals surface area contributed by atoms with Crippen LogP contribution in [-0.4, -0.2) is 26.0 Å². The second kappa shape index (κ2) is 4.19. The van der Waals surface area contributed by atoms with Gasteiger partial charge in [-0.25, -0.2) is 8.42 Å². The summed E-state index contributed by atoms with van der Waals surface area (Å²) < 4.78 is 22.4. The maximum absolute atomic E-state index is 11.2. The zero-order valence-electron chi connectivity index (χ0n) is 9.12. The first kappa shape index (κ1) is 12.0. The summed E-state index contributed by atoms with van der Waals surface area (Å²) in [5.41, 5.74) is 6.30. The molecule has 4 heteroatoms. The third kappa shape index (κ3) is 3.24. The number of rotatable bonds is 6. The van der Waals surface area contributed by atoms with Crippen LogP contribution in [0.3, 0.4) is 0 Å². The van der Waals surface area contributed by atoms with Crippen molar-refractivity contribution in [2.75, 3.05) is 11.5 Å². The van der Waals surface area contributed by atoms with Crippen molar-refractivity contribution >= 4 is 9.84 Å². The SMILES string of the molecule is CCS(=O)(=O)CCCC(N)C1(C)CC1. The second-order valence-electron chi connectivity index (χ2n) is 4.64. The summed E-state index contributed by atoms with van der Waals surface area (Å²) in [7, 11) is -2.80. The molecule has 1 saturated carbocycles. The van der Waals surface area contributed by atoms with E-state index in [9.17, 15) is 8.42 Å². The summed E-state index contributed by atoms with van der Waals surface area (Å²) in [6.07, 6.45) is 3.96. The molecule has 1 atom stereocenters. The molecule has 0 spiro atoms. The molecule has 1 unspecified atom stereocenters. The zero-order valence-corrected chi connectivity index (χ0v) is 9.94. The molecule has 1 rings (SSSR count). The Labute approximate surface area is 87.0 Å². The monoisotopic (exact) mass is 219 g/mol. The Morgan fingerprint density at radius 1 is 1.43 bits per heavy atom. The fraction of sp³-hybridized carbons (Fsp3) is 1.00. The van der Waals surface area contributed by atoms with Gasteiger partial charge >= 0.3 is 0 Å². The highest BCUT2D eigenvalue weighted by molar-refractivity contribution is 7.91. The Kier molecular flexibility index (Phi) is 3.58. The van der Waals surface area contributed by atoms with E-state index in [1.165, 1.54) is 12.8 Å². The number of nitrogens with two attached hydrogens (primary N) is 1. The lowest BCUT2D eigenvalue weighted by Gasteiger charge is -2.18. The molecule has 0 aromatic rings. The van der Waals surface area contributed by atoms with Gasteiger partial charge in [0.1, 0.15) is 9.84 Å². The molecule has 0 amide bonds. The lowest BCUT2D eigenvalue weighted by atomic mass is 9.96. The van der Waals surface area contributed by atoms with Gasteiger partial charge < -0.3 is 5.73 Å². The van der Waals surface area contributed by atoms with E-state index in [4.69, 9.17) is 5.73 Å². The summed E-state index contributed by atoms with van der Waals surface area (Å²) in [6.45, 7) is 3.88. The average Bonchev–Trinajstić information content (AvgIpc) is 2.85. The second-order valence-corrected chi connectivity index (χ2v) is 7.11. The quantitative estimate of drug-likeness (QED) is 0.733. The van der Waals surface area contributed by atoms with Crippen molar-refractivity contribution in [3.63, 3.8) is 0 Å². The van der Waals surface area contributed by atoms with Crippen LogP contribution >= 0.6 is 0 Å². The van der Waals surface area contributed by atoms with E-state index in [2.05, 4.69) is 6.92 Å². The Hall–Kier alpha value is -0.0900. The van der Waals surface area contributed by atoms with Crippen LogP contribution in [0.15, 0.2) is 0 Å². The van der Waals surface area contributed by atoms with Gasteiger partial charge in [-0.15, -0.1) is 0 Å². The van der Waals surface area contributed by atoms with E-state index >= 15 is 0 Å². The van der Waals surface area contributed by atoms with E-state index in [-0.39, 0.29) is 11.8 Å². The topological polar surface area (TPSA) is 60.2 Å². The summed E-state index contributed by atoms with van der Waals surface area (Å²) in [6, 6.07) is 0.189. The molecule has 0 saturated heterocycles. The van der Waals surface area contributed by atoms with E-state index in [1.807, 2.05) is 0 Å². The lowest BCUT2D eigenvalue weighted by molar-refractivity contribution is 0.408. The lowest BCUT2D eigenvalue weighted by Crippen LogP contribution is -2.30. The molecule has 1 fully saturated rings. The third-order valence-corrected chi connectivity index (χ3v) is 5.13. The molecule has 1 aliphatic carbocycles. The van der Waals surface area contributed by atoms with Crippen LogP contribution < -0.4 is 5.73 Å². The van der Waals surface area contributed by atoms with Crippen LogP contribution in [-0.2, 0) is 9.84 Å². The summed E-state index contributed by atoms with van der Waals surface area (Å²) in [5.74, 6) is 0.548. The van der Waals surface area contributed by atoms with Crippen molar-refractivity contribution in [3.05, 3.63) is 0 Å². The first-order valence-corrected chi connectivity index (χ1v) is 7.18. The smallest absolute Gasteiger partial charge is 0.150 e. The van der Waals surface area contributed by atoms with Crippen LogP contribution in [0, 0.1) is 5.41 Å². The van der Waals surface area contributed by atoms with Gasteiger partial charge in [0.25, 0.3) is 0 Å². The predicted octanol–water partition coefficient (Wildman–Crippen LogP) is 1.33. The van der Waals surface area contributed by atoms with Crippen LogP contribution in [0.25, 0.3) is 0 Å². The summed E-state index contributed by atoms with van der Waals surface area (Å²) in [5, 5.41) is 0. The van der Waals surface area contributed by atoms with E-state index in [0.717, 1.165) is 6.42 Å². The van der Waals surface area contributed by atoms with Crippen molar-refractivity contribution < 1.29 is 8.42 Å². The first-order valence-electron chi connectivity index (χ1n) is 5.36. The van der Waals surface area contributed by atoms with E-state index in [1.54, 1.807) is 6.92 Å². The molecule has 84 valence electrons. The minimum atomic E-state index is -2.80. The maximum Gasteiger partial charge on any atom is 0.150 e. The minimum absolute atomic E-state index is 0.189. The minimum Gasteiger partial charge on any atom is -0.327 e. The van der Waals surface area contributed by atoms with Gasteiger partial charge in [-0.2, -0.15) is 0 Å². The van der Waals surface area contributed by atoms with Crippen LogP contribution in [0.5, 0.6) is 0 Å². The van der Waals surface area contributed by atoms with Gasteiger partial charge in [0.05, 0.1) is 5.75 Å². The molecular weight excluding hydrogens is 198 g/mol. The maximum atomic E-state index is 11.2. The van der Waals surface area contributed by atoms with Gasteiger partial charge in [-0.1, -0.05) is 13.8 Å². The molecule has 0 heterocycles. The highest BCUT2D eigenvalue weighted by Crippen LogP contribution is 2.48. The largest absolute Gasteiger partial charge is 0.327 e.